The molecule has 1 unspecified atom stereocenters. The predicted octanol–water partition coefficient (Wildman–Crippen LogP) is 3.89. The van der Waals surface area contributed by atoms with E-state index in [1.165, 1.54) is 16.9 Å². The summed E-state index contributed by atoms with van der Waals surface area (Å²) >= 11 is 1.59. The second-order valence-electron chi connectivity index (χ2n) is 6.88. The highest BCUT2D eigenvalue weighted by atomic mass is 32.1. The Morgan fingerprint density at radius 2 is 2.16 bits per heavy atom. The minimum absolute atomic E-state index is 0.0429. The monoisotopic (exact) mass is 351 g/mol. The molecule has 1 aliphatic heterocycles. The van der Waals surface area contributed by atoms with Gasteiger partial charge in [0.1, 0.15) is 11.1 Å². The van der Waals surface area contributed by atoms with Gasteiger partial charge in [-0.05, 0) is 56.2 Å². The topological polar surface area (TPSA) is 56.1 Å². The summed E-state index contributed by atoms with van der Waals surface area (Å²) in [6.07, 6.45) is 5.27. The number of hydrogen-bond acceptors (Lipinski definition) is 4. The quantitative estimate of drug-likeness (QED) is 0.913. The molecule has 0 saturated heterocycles. The van der Waals surface area contributed by atoms with Crippen LogP contribution in [0.2, 0.25) is 0 Å². The van der Waals surface area contributed by atoms with Crippen LogP contribution in [0, 0.1) is 11.3 Å². The maximum atomic E-state index is 12.6. The summed E-state index contributed by atoms with van der Waals surface area (Å²) in [4.78, 5) is 16.1. The first kappa shape index (κ1) is 16.2. The highest BCUT2D eigenvalue weighted by Gasteiger charge is 2.28. The van der Waals surface area contributed by atoms with Crippen LogP contribution in [0.4, 0.5) is 10.7 Å². The fourth-order valence-corrected chi connectivity index (χ4v) is 5.22. The fraction of sp³-hybridized carbons (Fsp3) is 0.400. The van der Waals surface area contributed by atoms with Gasteiger partial charge in [-0.1, -0.05) is 18.2 Å². The first-order valence-electron chi connectivity index (χ1n) is 8.86. The van der Waals surface area contributed by atoms with E-state index in [-0.39, 0.29) is 5.91 Å². The van der Waals surface area contributed by atoms with Crippen molar-refractivity contribution in [3.63, 3.8) is 0 Å². The van der Waals surface area contributed by atoms with Crippen molar-refractivity contribution in [2.24, 2.45) is 0 Å². The summed E-state index contributed by atoms with van der Waals surface area (Å²) in [7, 11) is 0. The van der Waals surface area contributed by atoms with E-state index in [1.807, 2.05) is 12.1 Å². The molecule has 2 aliphatic rings. The number of hydrogen-bond donors (Lipinski definition) is 1. The van der Waals surface area contributed by atoms with Gasteiger partial charge in [-0.25, -0.2) is 0 Å². The van der Waals surface area contributed by atoms with Crippen LogP contribution in [0.5, 0.6) is 0 Å². The Hall–Kier alpha value is -2.32. The van der Waals surface area contributed by atoms with E-state index in [2.05, 4.69) is 35.3 Å². The van der Waals surface area contributed by atoms with E-state index in [1.54, 1.807) is 11.3 Å². The van der Waals surface area contributed by atoms with E-state index < -0.39 is 0 Å². The molecule has 0 radical (unpaired) electrons. The molecule has 4 rings (SSSR count). The van der Waals surface area contributed by atoms with Crippen molar-refractivity contribution in [1.82, 2.24) is 0 Å². The first-order valence-corrected chi connectivity index (χ1v) is 9.68. The number of fused-ring (bicyclic) bond motifs is 2. The van der Waals surface area contributed by atoms with Crippen molar-refractivity contribution in [2.75, 3.05) is 16.8 Å². The number of carbonyl (C=O) groups excluding carboxylic acids is 1. The molecule has 1 amide bonds. The number of aryl methyl sites for hydroxylation is 1. The van der Waals surface area contributed by atoms with Gasteiger partial charge >= 0.3 is 0 Å². The lowest BCUT2D eigenvalue weighted by Crippen LogP contribution is -2.37. The summed E-state index contributed by atoms with van der Waals surface area (Å²) in [5, 5.41) is 13.3. The van der Waals surface area contributed by atoms with E-state index in [0.29, 0.717) is 18.2 Å². The van der Waals surface area contributed by atoms with Crippen LogP contribution in [-0.4, -0.2) is 18.5 Å². The number of para-hydroxylation sites is 1. The molecule has 128 valence electrons. The largest absolute Gasteiger partial charge is 0.359 e. The summed E-state index contributed by atoms with van der Waals surface area (Å²) in [6, 6.07) is 10.9. The van der Waals surface area contributed by atoms with Crippen LogP contribution in [-0.2, 0) is 24.1 Å². The third-order valence-electron chi connectivity index (χ3n) is 5.20. The van der Waals surface area contributed by atoms with Gasteiger partial charge < -0.3 is 10.2 Å². The zero-order valence-electron chi connectivity index (χ0n) is 14.3. The fourth-order valence-electron chi connectivity index (χ4n) is 3.96. The molecule has 1 N–H and O–H groups in total. The number of nitriles is 1. The van der Waals surface area contributed by atoms with Crippen molar-refractivity contribution in [2.45, 2.75) is 45.1 Å². The number of carbonyl (C=O) groups is 1. The van der Waals surface area contributed by atoms with Gasteiger partial charge in [0.2, 0.25) is 5.91 Å². The first-order chi connectivity index (χ1) is 12.2. The Morgan fingerprint density at radius 3 is 3.00 bits per heavy atom. The molecule has 0 spiro atoms. The Balaban J connectivity index is 1.52. The molecule has 4 nitrogen and oxygen atoms in total. The van der Waals surface area contributed by atoms with Crippen molar-refractivity contribution >= 4 is 27.9 Å². The van der Waals surface area contributed by atoms with Crippen LogP contribution >= 0.6 is 11.3 Å². The Labute approximate surface area is 152 Å². The summed E-state index contributed by atoms with van der Waals surface area (Å²) in [5.74, 6) is -0.0429. The molecule has 1 aliphatic carbocycles. The van der Waals surface area contributed by atoms with Crippen molar-refractivity contribution in [3.05, 3.63) is 45.8 Å². The lowest BCUT2D eigenvalue weighted by atomic mass is 9.96. The van der Waals surface area contributed by atoms with Gasteiger partial charge in [0.05, 0.1) is 12.1 Å². The maximum Gasteiger partial charge on any atom is 0.244 e. The van der Waals surface area contributed by atoms with E-state index in [4.69, 9.17) is 0 Å². The van der Waals surface area contributed by atoms with Crippen molar-refractivity contribution in [1.29, 1.82) is 5.26 Å². The minimum atomic E-state index is -0.0429. The average Bonchev–Trinajstić information content (AvgIpc) is 3.12. The number of nitrogens with zero attached hydrogens (tertiary/aromatic N) is 2. The lowest BCUT2D eigenvalue weighted by molar-refractivity contribution is -0.115. The maximum absolute atomic E-state index is 12.6. The summed E-state index contributed by atoms with van der Waals surface area (Å²) in [6.45, 7) is 2.48. The smallest absolute Gasteiger partial charge is 0.244 e. The number of rotatable bonds is 3. The van der Waals surface area contributed by atoms with Crippen LogP contribution in [0.15, 0.2) is 24.3 Å². The number of thiophene rings is 1. The third-order valence-corrected chi connectivity index (χ3v) is 6.41. The van der Waals surface area contributed by atoms with Crippen LogP contribution < -0.4 is 10.2 Å². The van der Waals surface area contributed by atoms with E-state index in [0.717, 1.165) is 41.9 Å². The molecule has 1 aromatic heterocycles. The highest BCUT2D eigenvalue weighted by Crippen LogP contribution is 2.38. The molecule has 25 heavy (non-hydrogen) atoms. The molecule has 1 aromatic carbocycles. The number of amides is 1. The average molecular weight is 351 g/mol. The second-order valence-corrected chi connectivity index (χ2v) is 7.99. The molecule has 0 saturated carbocycles. The predicted molar refractivity (Wildman–Crippen MR) is 101 cm³/mol. The molecule has 0 fully saturated rings. The molecule has 1 atom stereocenters. The van der Waals surface area contributed by atoms with Gasteiger partial charge in [0, 0.05) is 16.6 Å². The highest BCUT2D eigenvalue weighted by molar-refractivity contribution is 7.16. The zero-order valence-corrected chi connectivity index (χ0v) is 15.2. The molecular weight excluding hydrogens is 330 g/mol. The van der Waals surface area contributed by atoms with Crippen LogP contribution in [0.25, 0.3) is 0 Å². The molecule has 2 heterocycles. The Bertz CT molecular complexity index is 864. The Morgan fingerprint density at radius 1 is 1.36 bits per heavy atom. The molecule has 0 bridgehead atoms. The van der Waals surface area contributed by atoms with Gasteiger partial charge in [-0.2, -0.15) is 5.26 Å². The number of anilines is 2. The summed E-state index contributed by atoms with van der Waals surface area (Å²) in [5.41, 5.74) is 4.29. The van der Waals surface area contributed by atoms with E-state index in [9.17, 15) is 10.1 Å². The molecular formula is C20H21N3OS. The normalized spacial score (nSPS) is 18.4. The summed E-state index contributed by atoms with van der Waals surface area (Å²) < 4.78 is 0. The van der Waals surface area contributed by atoms with Gasteiger partial charge in [-0.15, -0.1) is 11.3 Å². The minimum Gasteiger partial charge on any atom is -0.359 e. The number of nitrogens with one attached hydrogen (secondary N) is 1. The van der Waals surface area contributed by atoms with Crippen molar-refractivity contribution in [3.8, 4) is 6.07 Å². The Kier molecular flexibility index (Phi) is 4.22. The van der Waals surface area contributed by atoms with Crippen molar-refractivity contribution < 1.29 is 4.79 Å². The third kappa shape index (κ3) is 2.91. The van der Waals surface area contributed by atoms with Crippen LogP contribution in [0.1, 0.15) is 41.3 Å². The van der Waals surface area contributed by atoms with Gasteiger partial charge in [0.15, 0.2) is 0 Å². The lowest BCUT2D eigenvalue weighted by Gasteiger charge is -2.24. The standard InChI is InChI=1S/C20H21N3OS/c1-13-10-14-6-2-4-8-17(14)23(13)12-19(24)22-20-16(11-21)15-7-3-5-9-18(15)25-20/h2,4,6,8,13H,3,5,7,9-10,12H2,1H3,(H,22,24). The number of benzene rings is 1. The van der Waals surface area contributed by atoms with Gasteiger partial charge in [-0.3, -0.25) is 4.79 Å². The zero-order chi connectivity index (χ0) is 17.4. The molecule has 2 aromatic rings. The van der Waals surface area contributed by atoms with Crippen LogP contribution in [0.3, 0.4) is 0 Å². The van der Waals surface area contributed by atoms with Gasteiger partial charge in [0.25, 0.3) is 0 Å². The van der Waals surface area contributed by atoms with E-state index >= 15 is 0 Å². The second kappa shape index (κ2) is 6.53. The molecule has 5 heteroatoms. The SMILES string of the molecule is CC1Cc2ccccc2N1CC(=O)Nc1sc2c(c1C#N)CCCC2.